The summed E-state index contributed by atoms with van der Waals surface area (Å²) in [7, 11) is 0. The van der Waals surface area contributed by atoms with Crippen LogP contribution in [0, 0.1) is 0 Å². The monoisotopic (exact) mass is 270 g/mol. The van der Waals surface area contributed by atoms with Crippen molar-refractivity contribution in [2.24, 2.45) is 0 Å². The molecule has 1 atom stereocenters. The van der Waals surface area contributed by atoms with E-state index in [-0.39, 0.29) is 0 Å². The molecule has 1 N–H and O–H groups in total. The zero-order valence-corrected chi connectivity index (χ0v) is 7.22. The summed E-state index contributed by atoms with van der Waals surface area (Å²) >= 11 is 3.73. The number of aliphatic hydroxyl groups is 1. The Morgan fingerprint density at radius 3 is 1.56 bits per heavy atom. The molecule has 1 unspecified atom stereocenters. The van der Waals surface area contributed by atoms with E-state index in [4.69, 9.17) is 5.11 Å². The van der Waals surface area contributed by atoms with E-state index in [9.17, 15) is 13.2 Å². The van der Waals surface area contributed by atoms with Crippen molar-refractivity contribution < 1.29 is 18.3 Å². The smallest absolute Gasteiger partial charge is 0.346 e. The minimum Gasteiger partial charge on any atom is -0.392 e. The highest BCUT2D eigenvalue weighted by Crippen LogP contribution is 2.42. The molecule has 0 saturated heterocycles. The molecule has 0 bridgehead atoms. The molecule has 0 rings (SSSR count). The van der Waals surface area contributed by atoms with Crippen LogP contribution in [0.2, 0.25) is 0 Å². The summed E-state index contributed by atoms with van der Waals surface area (Å²) in [6.45, 7) is -1.29. The van der Waals surface area contributed by atoms with E-state index in [1.165, 1.54) is 0 Å². The molecule has 0 aromatic carbocycles. The fourth-order valence-corrected chi connectivity index (χ4v) is 0.215. The van der Waals surface area contributed by atoms with Crippen molar-refractivity contribution in [1.29, 1.82) is 0 Å². The Kier molecular flexibility index (Phi) is 2.97. The second-order valence-electron chi connectivity index (χ2n) is 1.36. The van der Waals surface area contributed by atoms with Gasteiger partial charge in [0.1, 0.15) is 0 Å². The topological polar surface area (TPSA) is 20.2 Å². The van der Waals surface area contributed by atoms with Gasteiger partial charge >= 0.3 is 4.83 Å². The van der Waals surface area contributed by atoms with Crippen LogP contribution in [0.3, 0.4) is 0 Å². The Hall–Kier alpha value is 0.710. The molecule has 9 heavy (non-hydrogen) atoms. The predicted octanol–water partition coefficient (Wildman–Crippen LogP) is 2.03. The number of rotatable bonds is 2. The predicted molar refractivity (Wildman–Crippen MR) is 33.7 cm³/mol. The van der Waals surface area contributed by atoms with Gasteiger partial charge in [0.2, 0.25) is 0 Å². The highest BCUT2D eigenvalue weighted by Gasteiger charge is 2.50. The molecule has 0 aliphatic rings. The summed E-state index contributed by atoms with van der Waals surface area (Å²) in [6.07, 6.45) is 0. The molecule has 0 radical (unpaired) electrons. The number of alkyl halides is 5. The third kappa shape index (κ3) is 2.43. The molecule has 0 heterocycles. The van der Waals surface area contributed by atoms with Crippen molar-refractivity contribution >= 4 is 31.9 Å². The first-order valence-electron chi connectivity index (χ1n) is 1.86. The average Bonchev–Trinajstić information content (AvgIpc) is 1.64. The first-order chi connectivity index (χ1) is 3.81. The van der Waals surface area contributed by atoms with Gasteiger partial charge in [-0.25, -0.2) is 4.39 Å². The summed E-state index contributed by atoms with van der Waals surface area (Å²) in [5.41, 5.74) is 0. The molecule has 0 aromatic heterocycles. The van der Waals surface area contributed by atoms with Crippen LogP contribution in [0.15, 0.2) is 0 Å². The van der Waals surface area contributed by atoms with Gasteiger partial charge in [-0.05, 0) is 31.9 Å². The fraction of sp³-hybridized carbons (Fsp3) is 1.00. The summed E-state index contributed by atoms with van der Waals surface area (Å²) in [5, 5.41) is 8.00. The van der Waals surface area contributed by atoms with Gasteiger partial charge in [0.05, 0.1) is 6.61 Å². The molecule has 0 fully saturated rings. The maximum absolute atomic E-state index is 12.2. The van der Waals surface area contributed by atoms with E-state index in [0.717, 1.165) is 0 Å². The van der Waals surface area contributed by atoms with Crippen LogP contribution in [0.5, 0.6) is 0 Å². The first kappa shape index (κ1) is 9.71. The molecular formula is C3H3Br2F3O. The van der Waals surface area contributed by atoms with Crippen molar-refractivity contribution in [3.63, 3.8) is 0 Å². The van der Waals surface area contributed by atoms with Crippen molar-refractivity contribution in [2.75, 3.05) is 6.61 Å². The Balaban J connectivity index is 4.14. The largest absolute Gasteiger partial charge is 0.392 e. The first-order valence-corrected chi connectivity index (χ1v) is 3.45. The van der Waals surface area contributed by atoms with Gasteiger partial charge in [-0.15, -0.1) is 0 Å². The van der Waals surface area contributed by atoms with Crippen molar-refractivity contribution in [3.8, 4) is 0 Å². The molecule has 0 amide bonds. The lowest BCUT2D eigenvalue weighted by molar-refractivity contribution is -0.0241. The maximum Gasteiger partial charge on any atom is 0.346 e. The van der Waals surface area contributed by atoms with Crippen LogP contribution in [0.25, 0.3) is 0 Å². The Bertz CT molecular complexity index is 99.7. The molecule has 0 saturated carbocycles. The number of hydrogen-bond donors (Lipinski definition) is 1. The SMILES string of the molecule is OCC(F)(Br)C(F)(F)Br. The lowest BCUT2D eigenvalue weighted by Gasteiger charge is -2.20. The van der Waals surface area contributed by atoms with Crippen molar-refractivity contribution in [3.05, 3.63) is 0 Å². The van der Waals surface area contributed by atoms with Gasteiger partial charge in [0.25, 0.3) is 4.58 Å². The summed E-state index contributed by atoms with van der Waals surface area (Å²) < 4.78 is 32.8. The fourth-order valence-electron chi connectivity index (χ4n) is 0.0896. The van der Waals surface area contributed by atoms with Crippen LogP contribution in [-0.2, 0) is 0 Å². The second-order valence-corrected chi connectivity index (χ2v) is 3.61. The third-order valence-corrected chi connectivity index (χ3v) is 2.52. The molecule has 0 aliphatic carbocycles. The van der Waals surface area contributed by atoms with Crippen LogP contribution >= 0.6 is 31.9 Å². The average molecular weight is 272 g/mol. The van der Waals surface area contributed by atoms with Gasteiger partial charge in [-0.2, -0.15) is 8.78 Å². The van der Waals surface area contributed by atoms with Crippen molar-refractivity contribution in [2.45, 2.75) is 9.41 Å². The van der Waals surface area contributed by atoms with E-state index in [1.807, 2.05) is 15.9 Å². The standard InChI is InChI=1S/C3H3Br2F3O/c4-2(6,1-9)3(5,7)8/h9H,1H2. The highest BCUT2D eigenvalue weighted by atomic mass is 79.9. The van der Waals surface area contributed by atoms with Gasteiger partial charge in [0.15, 0.2) is 0 Å². The zero-order valence-electron chi connectivity index (χ0n) is 4.04. The number of hydrogen-bond acceptors (Lipinski definition) is 1. The molecule has 1 nitrogen and oxygen atoms in total. The van der Waals surface area contributed by atoms with E-state index >= 15 is 0 Å². The van der Waals surface area contributed by atoms with Crippen LogP contribution < -0.4 is 0 Å². The Morgan fingerprint density at radius 2 is 1.56 bits per heavy atom. The zero-order chi connectivity index (χ0) is 7.71. The number of halogens is 5. The molecule has 56 valence electrons. The van der Waals surface area contributed by atoms with Crippen LogP contribution in [0.1, 0.15) is 0 Å². The molecular weight excluding hydrogens is 269 g/mol. The summed E-state index contributed by atoms with van der Waals surface area (Å²) in [6, 6.07) is 0. The molecule has 6 heteroatoms. The lowest BCUT2D eigenvalue weighted by atomic mass is 10.4. The quantitative estimate of drug-likeness (QED) is 0.762. The van der Waals surface area contributed by atoms with Gasteiger partial charge in [0, 0.05) is 0 Å². The molecule has 0 aliphatic heterocycles. The van der Waals surface area contributed by atoms with Crippen molar-refractivity contribution in [1.82, 2.24) is 0 Å². The second kappa shape index (κ2) is 2.75. The summed E-state index contributed by atoms with van der Waals surface area (Å²) in [4.78, 5) is -3.74. The number of aliphatic hydroxyl groups excluding tert-OH is 1. The lowest BCUT2D eigenvalue weighted by Crippen LogP contribution is -2.36. The normalized spacial score (nSPS) is 19.3. The Labute approximate surface area is 66.5 Å². The maximum atomic E-state index is 12.2. The molecule has 0 spiro atoms. The van der Waals surface area contributed by atoms with E-state index < -0.39 is 16.0 Å². The summed E-state index contributed by atoms with van der Waals surface area (Å²) in [5.74, 6) is 0. The third-order valence-electron chi connectivity index (χ3n) is 0.613. The van der Waals surface area contributed by atoms with Gasteiger partial charge in [-0.1, -0.05) is 0 Å². The van der Waals surface area contributed by atoms with Gasteiger partial charge < -0.3 is 5.11 Å². The molecule has 0 aromatic rings. The Morgan fingerprint density at radius 1 is 1.22 bits per heavy atom. The highest BCUT2D eigenvalue weighted by molar-refractivity contribution is 9.12. The minimum absolute atomic E-state index is 1.29. The van der Waals surface area contributed by atoms with Crippen LogP contribution in [-0.4, -0.2) is 21.1 Å². The van der Waals surface area contributed by atoms with E-state index in [2.05, 4.69) is 0 Å². The van der Waals surface area contributed by atoms with E-state index in [1.54, 1.807) is 15.9 Å². The van der Waals surface area contributed by atoms with Crippen LogP contribution in [0.4, 0.5) is 13.2 Å². The van der Waals surface area contributed by atoms with Gasteiger partial charge in [-0.3, -0.25) is 0 Å². The van der Waals surface area contributed by atoms with E-state index in [0.29, 0.717) is 0 Å². The minimum atomic E-state index is -3.74.